The van der Waals surface area contributed by atoms with Crippen molar-refractivity contribution < 1.29 is 9.53 Å². The van der Waals surface area contributed by atoms with Crippen LogP contribution in [0.2, 0.25) is 0 Å². The molecule has 0 saturated carbocycles. The van der Waals surface area contributed by atoms with Gasteiger partial charge < -0.3 is 4.74 Å². The van der Waals surface area contributed by atoms with Crippen molar-refractivity contribution >= 4 is 5.78 Å². The summed E-state index contributed by atoms with van der Waals surface area (Å²) in [5, 5.41) is 0. The van der Waals surface area contributed by atoms with Gasteiger partial charge in [-0.15, -0.1) is 0 Å². The Hall–Kier alpha value is -0.810. The summed E-state index contributed by atoms with van der Waals surface area (Å²) in [5.74, 6) is 4.88. The summed E-state index contributed by atoms with van der Waals surface area (Å²) < 4.78 is 4.67. The standard InChI is InChI=1S/C7H10O2/c1-3-4-7(8)5-6-9-2/h5-6H2,1-2H3. The van der Waals surface area contributed by atoms with Gasteiger partial charge in [-0.25, -0.2) is 0 Å². The molecule has 2 heteroatoms. The molecule has 0 heterocycles. The molecular formula is C7H10O2. The number of hydrogen-bond acceptors (Lipinski definition) is 2. The van der Waals surface area contributed by atoms with Crippen LogP contribution in [0.4, 0.5) is 0 Å². The van der Waals surface area contributed by atoms with E-state index in [1.807, 2.05) is 0 Å². The van der Waals surface area contributed by atoms with Crippen molar-refractivity contribution in [2.24, 2.45) is 0 Å². The SMILES string of the molecule is CC#CC(=O)CCOC. The van der Waals surface area contributed by atoms with Gasteiger partial charge in [0.25, 0.3) is 0 Å². The lowest BCUT2D eigenvalue weighted by Crippen LogP contribution is -1.98. The van der Waals surface area contributed by atoms with E-state index in [0.29, 0.717) is 13.0 Å². The maximum atomic E-state index is 10.5. The fourth-order valence-corrected chi connectivity index (χ4v) is 0.397. The van der Waals surface area contributed by atoms with Crippen molar-refractivity contribution in [2.75, 3.05) is 13.7 Å². The van der Waals surface area contributed by atoms with Crippen LogP contribution in [-0.4, -0.2) is 19.5 Å². The predicted molar refractivity (Wildman–Crippen MR) is 34.9 cm³/mol. The van der Waals surface area contributed by atoms with Crippen LogP contribution < -0.4 is 0 Å². The highest BCUT2D eigenvalue weighted by Gasteiger charge is 1.92. The molecule has 9 heavy (non-hydrogen) atoms. The third-order valence-corrected chi connectivity index (χ3v) is 0.798. The Labute approximate surface area is 55.2 Å². The van der Waals surface area contributed by atoms with Crippen LogP contribution in [0, 0.1) is 11.8 Å². The lowest BCUT2D eigenvalue weighted by atomic mass is 10.3. The van der Waals surface area contributed by atoms with Crippen molar-refractivity contribution in [3.05, 3.63) is 0 Å². The van der Waals surface area contributed by atoms with Gasteiger partial charge in [0.15, 0.2) is 0 Å². The molecule has 0 aromatic heterocycles. The quantitative estimate of drug-likeness (QED) is 0.409. The first kappa shape index (κ1) is 8.19. The minimum atomic E-state index is -0.0562. The average Bonchev–Trinajstić information content (AvgIpc) is 1.85. The molecule has 0 atom stereocenters. The Morgan fingerprint density at radius 3 is 2.78 bits per heavy atom. The molecule has 0 amide bonds. The molecule has 0 radical (unpaired) electrons. The molecule has 0 aliphatic rings. The van der Waals surface area contributed by atoms with Crippen LogP contribution in [0.25, 0.3) is 0 Å². The molecule has 0 spiro atoms. The van der Waals surface area contributed by atoms with Crippen LogP contribution in [0.3, 0.4) is 0 Å². The zero-order valence-electron chi connectivity index (χ0n) is 5.73. The van der Waals surface area contributed by atoms with Gasteiger partial charge in [0.1, 0.15) is 0 Å². The third-order valence-electron chi connectivity index (χ3n) is 0.798. The van der Waals surface area contributed by atoms with Crippen LogP contribution in [-0.2, 0) is 9.53 Å². The molecule has 0 saturated heterocycles. The molecule has 0 N–H and O–H groups in total. The highest BCUT2D eigenvalue weighted by atomic mass is 16.5. The number of Topliss-reactive ketones (excluding diaryl/α,β-unsaturated/α-hetero) is 1. The molecular weight excluding hydrogens is 116 g/mol. The van der Waals surface area contributed by atoms with Gasteiger partial charge in [0.05, 0.1) is 6.61 Å². The minimum Gasteiger partial charge on any atom is -0.384 e. The fourth-order valence-electron chi connectivity index (χ4n) is 0.397. The number of ketones is 1. The van der Waals surface area contributed by atoms with E-state index in [1.54, 1.807) is 14.0 Å². The number of carbonyl (C=O) groups excluding carboxylic acids is 1. The van der Waals surface area contributed by atoms with E-state index in [9.17, 15) is 4.79 Å². The Morgan fingerprint density at radius 1 is 1.67 bits per heavy atom. The molecule has 0 aromatic rings. The maximum Gasteiger partial charge on any atom is 0.207 e. The van der Waals surface area contributed by atoms with Gasteiger partial charge in [-0.3, -0.25) is 4.79 Å². The van der Waals surface area contributed by atoms with Crippen molar-refractivity contribution in [2.45, 2.75) is 13.3 Å². The normalized spacial score (nSPS) is 7.78. The molecule has 0 rings (SSSR count). The van der Waals surface area contributed by atoms with E-state index >= 15 is 0 Å². The minimum absolute atomic E-state index is 0.0562. The second-order valence-electron chi connectivity index (χ2n) is 1.54. The first-order chi connectivity index (χ1) is 4.31. The number of rotatable bonds is 3. The number of ether oxygens (including phenoxy) is 1. The summed E-state index contributed by atoms with van der Waals surface area (Å²) >= 11 is 0. The highest BCUT2D eigenvalue weighted by molar-refractivity contribution is 5.95. The van der Waals surface area contributed by atoms with Gasteiger partial charge in [0, 0.05) is 13.5 Å². The van der Waals surface area contributed by atoms with Gasteiger partial charge >= 0.3 is 0 Å². The number of carbonyl (C=O) groups is 1. The topological polar surface area (TPSA) is 26.3 Å². The second-order valence-corrected chi connectivity index (χ2v) is 1.54. The Morgan fingerprint density at radius 2 is 2.33 bits per heavy atom. The summed E-state index contributed by atoms with van der Waals surface area (Å²) in [6, 6.07) is 0. The van der Waals surface area contributed by atoms with E-state index in [0.717, 1.165) is 0 Å². The summed E-state index contributed by atoms with van der Waals surface area (Å²) in [4.78, 5) is 10.5. The van der Waals surface area contributed by atoms with Gasteiger partial charge in [0.2, 0.25) is 5.78 Å². The molecule has 0 fully saturated rings. The molecule has 0 bridgehead atoms. The summed E-state index contributed by atoms with van der Waals surface area (Å²) in [6.07, 6.45) is 0.400. The van der Waals surface area contributed by atoms with Crippen molar-refractivity contribution in [3.8, 4) is 11.8 Å². The average molecular weight is 126 g/mol. The van der Waals surface area contributed by atoms with Gasteiger partial charge in [-0.05, 0) is 12.8 Å². The zero-order chi connectivity index (χ0) is 7.11. The molecule has 0 aromatic carbocycles. The number of methoxy groups -OCH3 is 1. The number of hydrogen-bond donors (Lipinski definition) is 0. The third kappa shape index (κ3) is 5.05. The largest absolute Gasteiger partial charge is 0.384 e. The van der Waals surface area contributed by atoms with Crippen LogP contribution >= 0.6 is 0 Å². The fraction of sp³-hybridized carbons (Fsp3) is 0.571. The maximum absolute atomic E-state index is 10.5. The Balaban J connectivity index is 3.35. The van der Waals surface area contributed by atoms with E-state index < -0.39 is 0 Å². The van der Waals surface area contributed by atoms with Crippen molar-refractivity contribution in [3.63, 3.8) is 0 Å². The lowest BCUT2D eigenvalue weighted by Gasteiger charge is -1.89. The summed E-state index contributed by atoms with van der Waals surface area (Å²) in [5.41, 5.74) is 0. The second kappa shape index (κ2) is 5.33. The van der Waals surface area contributed by atoms with Gasteiger partial charge in [-0.1, -0.05) is 5.92 Å². The molecule has 50 valence electrons. The Kier molecular flexibility index (Phi) is 4.85. The van der Waals surface area contributed by atoms with Crippen LogP contribution in [0.15, 0.2) is 0 Å². The van der Waals surface area contributed by atoms with Crippen molar-refractivity contribution in [1.82, 2.24) is 0 Å². The van der Waals surface area contributed by atoms with Gasteiger partial charge in [-0.2, -0.15) is 0 Å². The first-order valence-electron chi connectivity index (χ1n) is 2.75. The monoisotopic (exact) mass is 126 g/mol. The van der Waals surface area contributed by atoms with E-state index in [1.165, 1.54) is 0 Å². The summed E-state index contributed by atoms with van der Waals surface area (Å²) in [7, 11) is 1.56. The highest BCUT2D eigenvalue weighted by Crippen LogP contribution is 1.80. The Bertz CT molecular complexity index is 139. The molecule has 0 aliphatic carbocycles. The predicted octanol–water partition coefficient (Wildman–Crippen LogP) is 0.615. The summed E-state index contributed by atoms with van der Waals surface area (Å²) in [6.45, 7) is 2.11. The smallest absolute Gasteiger partial charge is 0.207 e. The van der Waals surface area contributed by atoms with E-state index in [-0.39, 0.29) is 5.78 Å². The lowest BCUT2D eigenvalue weighted by molar-refractivity contribution is -0.114. The molecule has 0 aliphatic heterocycles. The van der Waals surface area contributed by atoms with E-state index in [2.05, 4.69) is 16.6 Å². The van der Waals surface area contributed by atoms with Crippen LogP contribution in [0.1, 0.15) is 13.3 Å². The first-order valence-corrected chi connectivity index (χ1v) is 2.75. The van der Waals surface area contributed by atoms with E-state index in [4.69, 9.17) is 0 Å². The zero-order valence-corrected chi connectivity index (χ0v) is 5.73. The molecule has 2 nitrogen and oxygen atoms in total. The van der Waals surface area contributed by atoms with Crippen LogP contribution in [0.5, 0.6) is 0 Å². The molecule has 0 unspecified atom stereocenters. The van der Waals surface area contributed by atoms with Crippen molar-refractivity contribution in [1.29, 1.82) is 0 Å².